The fourth-order valence-electron chi connectivity index (χ4n) is 1.89. The van der Waals surface area contributed by atoms with Crippen molar-refractivity contribution in [1.82, 2.24) is 0 Å². The summed E-state index contributed by atoms with van der Waals surface area (Å²) in [6, 6.07) is 3.30. The Labute approximate surface area is 120 Å². The number of hydrogen-bond donors (Lipinski definition) is 2. The molecule has 0 saturated carbocycles. The maximum absolute atomic E-state index is 11.8. The second-order valence-electron chi connectivity index (χ2n) is 4.06. The molecule has 3 N–H and O–H groups in total. The summed E-state index contributed by atoms with van der Waals surface area (Å²) in [6.07, 6.45) is 0.0822. The van der Waals surface area contributed by atoms with E-state index in [0.717, 1.165) is 4.47 Å². The van der Waals surface area contributed by atoms with Crippen molar-refractivity contribution < 1.29 is 14.7 Å². The molecule has 0 radical (unpaired) electrons. The minimum Gasteiger partial charge on any atom is -0.505 e. The minimum absolute atomic E-state index is 0.0309. The van der Waals surface area contributed by atoms with Gasteiger partial charge >= 0.3 is 0 Å². The lowest BCUT2D eigenvalue weighted by Gasteiger charge is -2.18. The van der Waals surface area contributed by atoms with Crippen molar-refractivity contribution in [2.45, 2.75) is 6.42 Å². The van der Waals surface area contributed by atoms with E-state index in [9.17, 15) is 14.7 Å². The van der Waals surface area contributed by atoms with E-state index in [-0.39, 0.29) is 24.6 Å². The number of anilines is 1. The Kier molecular flexibility index (Phi) is 3.63. The molecule has 0 spiro atoms. The zero-order valence-corrected chi connectivity index (χ0v) is 12.4. The molecule has 0 bridgehead atoms. The highest BCUT2D eigenvalue weighted by atomic mass is 79.9. The number of phenols is 1. The lowest BCUT2D eigenvalue weighted by Crippen LogP contribution is -2.28. The van der Waals surface area contributed by atoms with Gasteiger partial charge in [-0.2, -0.15) is 0 Å². The smallest absolute Gasteiger partial charge is 0.227 e. The first kappa shape index (κ1) is 13.4. The van der Waals surface area contributed by atoms with Crippen molar-refractivity contribution in [3.05, 3.63) is 21.1 Å². The lowest BCUT2D eigenvalue weighted by atomic mass is 10.1. The zero-order chi connectivity index (χ0) is 13.4. The molecule has 0 aliphatic carbocycles. The van der Waals surface area contributed by atoms with Gasteiger partial charge in [-0.15, -0.1) is 0 Å². The van der Waals surface area contributed by atoms with Gasteiger partial charge in [0, 0.05) is 17.4 Å². The number of hydrogen-bond acceptors (Lipinski definition) is 3. The van der Waals surface area contributed by atoms with E-state index < -0.39 is 11.8 Å². The van der Waals surface area contributed by atoms with Crippen LogP contribution in [0.2, 0.25) is 0 Å². The summed E-state index contributed by atoms with van der Waals surface area (Å²) in [4.78, 5) is 24.3. The van der Waals surface area contributed by atoms with E-state index in [1.54, 1.807) is 12.1 Å². The standard InChI is InChI=1S/C11H10Br2N2O3/c12-6-2-7(13)10(17)8(3-6)15-4-5(11(14)18)1-9(15)16/h2-3,5,17H,1,4H2,(H2,14,18). The molecule has 7 heteroatoms. The molecule has 1 heterocycles. The number of rotatable bonds is 2. The van der Waals surface area contributed by atoms with E-state index in [0.29, 0.717) is 10.2 Å². The second kappa shape index (κ2) is 4.89. The molecule has 96 valence electrons. The number of nitrogens with zero attached hydrogens (tertiary/aromatic N) is 1. The number of halogens is 2. The molecular formula is C11H10Br2N2O3. The molecule has 1 aliphatic heterocycles. The van der Waals surface area contributed by atoms with Crippen molar-refractivity contribution in [3.8, 4) is 5.75 Å². The topological polar surface area (TPSA) is 83.6 Å². The predicted octanol–water partition coefficient (Wildman–Crippen LogP) is 1.76. The summed E-state index contributed by atoms with van der Waals surface area (Å²) in [6.45, 7) is 0.199. The van der Waals surface area contributed by atoms with E-state index in [1.165, 1.54) is 4.90 Å². The molecule has 1 unspecified atom stereocenters. The average Bonchev–Trinajstić information content (AvgIpc) is 2.66. The fourth-order valence-corrected chi connectivity index (χ4v) is 3.09. The Bertz CT molecular complexity index is 533. The Morgan fingerprint density at radius 2 is 2.11 bits per heavy atom. The van der Waals surface area contributed by atoms with Gasteiger partial charge in [0.15, 0.2) is 5.75 Å². The second-order valence-corrected chi connectivity index (χ2v) is 5.83. The highest BCUT2D eigenvalue weighted by molar-refractivity contribution is 9.11. The number of carbonyl (C=O) groups is 2. The van der Waals surface area contributed by atoms with Crippen LogP contribution in [0, 0.1) is 5.92 Å². The Morgan fingerprint density at radius 3 is 2.67 bits per heavy atom. The van der Waals surface area contributed by atoms with Gasteiger partial charge in [-0.05, 0) is 28.1 Å². The molecule has 1 fully saturated rings. The van der Waals surface area contributed by atoms with Gasteiger partial charge in [0.2, 0.25) is 11.8 Å². The number of amides is 2. The summed E-state index contributed by atoms with van der Waals surface area (Å²) in [5.74, 6) is -1.26. The molecule has 0 aromatic heterocycles. The maximum atomic E-state index is 11.8. The summed E-state index contributed by atoms with van der Waals surface area (Å²) in [7, 11) is 0. The summed E-state index contributed by atoms with van der Waals surface area (Å²) < 4.78 is 1.19. The monoisotopic (exact) mass is 376 g/mol. The third-order valence-electron chi connectivity index (χ3n) is 2.83. The van der Waals surface area contributed by atoms with Crippen LogP contribution >= 0.6 is 31.9 Å². The number of phenolic OH excluding ortho intramolecular Hbond substituents is 1. The molecule has 5 nitrogen and oxygen atoms in total. The van der Waals surface area contributed by atoms with E-state index in [4.69, 9.17) is 5.73 Å². The van der Waals surface area contributed by atoms with Crippen LogP contribution in [0.3, 0.4) is 0 Å². The van der Waals surface area contributed by atoms with Crippen molar-refractivity contribution >= 4 is 49.4 Å². The molecule has 1 aliphatic rings. The van der Waals surface area contributed by atoms with Gasteiger partial charge in [0.1, 0.15) is 0 Å². The molecule has 2 amide bonds. The highest BCUT2D eigenvalue weighted by Gasteiger charge is 2.35. The summed E-state index contributed by atoms with van der Waals surface area (Å²) >= 11 is 6.49. The lowest BCUT2D eigenvalue weighted by molar-refractivity contribution is -0.123. The number of aromatic hydroxyl groups is 1. The molecule has 2 rings (SSSR count). The van der Waals surface area contributed by atoms with Crippen LogP contribution in [-0.2, 0) is 9.59 Å². The number of carbonyl (C=O) groups excluding carboxylic acids is 2. The van der Waals surface area contributed by atoms with Gasteiger partial charge < -0.3 is 15.7 Å². The third kappa shape index (κ3) is 2.37. The summed E-state index contributed by atoms with van der Waals surface area (Å²) in [5.41, 5.74) is 5.57. The summed E-state index contributed by atoms with van der Waals surface area (Å²) in [5, 5.41) is 9.95. The molecule has 1 atom stereocenters. The number of benzene rings is 1. The Morgan fingerprint density at radius 1 is 1.44 bits per heavy atom. The van der Waals surface area contributed by atoms with E-state index in [1.807, 2.05) is 0 Å². The predicted molar refractivity (Wildman–Crippen MR) is 73.2 cm³/mol. The van der Waals surface area contributed by atoms with Gasteiger partial charge in [0.05, 0.1) is 16.1 Å². The van der Waals surface area contributed by atoms with Crippen LogP contribution < -0.4 is 10.6 Å². The van der Waals surface area contributed by atoms with Gasteiger partial charge in [-0.25, -0.2) is 0 Å². The Hall–Kier alpha value is -1.08. The van der Waals surface area contributed by atoms with Gasteiger partial charge in [0.25, 0.3) is 0 Å². The van der Waals surface area contributed by atoms with Crippen LogP contribution in [0.5, 0.6) is 5.75 Å². The molecule has 1 saturated heterocycles. The largest absolute Gasteiger partial charge is 0.505 e. The quantitative estimate of drug-likeness (QED) is 0.823. The maximum Gasteiger partial charge on any atom is 0.227 e. The number of nitrogens with two attached hydrogens (primary N) is 1. The average molecular weight is 378 g/mol. The molecular weight excluding hydrogens is 368 g/mol. The highest BCUT2D eigenvalue weighted by Crippen LogP contribution is 2.39. The first-order valence-electron chi connectivity index (χ1n) is 5.18. The van der Waals surface area contributed by atoms with Crippen molar-refractivity contribution in [2.24, 2.45) is 11.7 Å². The molecule has 18 heavy (non-hydrogen) atoms. The van der Waals surface area contributed by atoms with Crippen molar-refractivity contribution in [1.29, 1.82) is 0 Å². The van der Waals surface area contributed by atoms with Crippen LogP contribution in [0.1, 0.15) is 6.42 Å². The fraction of sp³-hybridized carbons (Fsp3) is 0.273. The van der Waals surface area contributed by atoms with Gasteiger partial charge in [-0.3, -0.25) is 9.59 Å². The van der Waals surface area contributed by atoms with Crippen LogP contribution in [-0.4, -0.2) is 23.5 Å². The molecule has 1 aromatic carbocycles. The zero-order valence-electron chi connectivity index (χ0n) is 9.19. The normalized spacial score (nSPS) is 19.3. The van der Waals surface area contributed by atoms with Gasteiger partial charge in [-0.1, -0.05) is 15.9 Å². The Balaban J connectivity index is 2.38. The van der Waals surface area contributed by atoms with E-state index >= 15 is 0 Å². The van der Waals surface area contributed by atoms with Crippen molar-refractivity contribution in [3.63, 3.8) is 0 Å². The van der Waals surface area contributed by atoms with Crippen molar-refractivity contribution in [2.75, 3.05) is 11.4 Å². The van der Waals surface area contributed by atoms with Crippen LogP contribution in [0.15, 0.2) is 21.1 Å². The minimum atomic E-state index is -0.505. The first-order valence-corrected chi connectivity index (χ1v) is 6.76. The number of primary amides is 1. The van der Waals surface area contributed by atoms with E-state index in [2.05, 4.69) is 31.9 Å². The first-order chi connectivity index (χ1) is 8.40. The molecule has 1 aromatic rings. The third-order valence-corrected chi connectivity index (χ3v) is 3.89. The van der Waals surface area contributed by atoms with Crippen LogP contribution in [0.4, 0.5) is 5.69 Å². The van der Waals surface area contributed by atoms with Crippen LogP contribution in [0.25, 0.3) is 0 Å². The SMILES string of the molecule is NC(=O)C1CC(=O)N(c2cc(Br)cc(Br)c2O)C1.